The van der Waals surface area contributed by atoms with Gasteiger partial charge in [0.2, 0.25) is 5.95 Å². The molecular weight excluding hydrogens is 346 g/mol. The Balaban J connectivity index is 1.72. The summed E-state index contributed by atoms with van der Waals surface area (Å²) in [6, 6.07) is 9.49. The van der Waals surface area contributed by atoms with E-state index >= 15 is 0 Å². The number of nitrogens with zero attached hydrogens (tertiary/aromatic N) is 4. The van der Waals surface area contributed by atoms with Crippen LogP contribution in [-0.2, 0) is 11.3 Å². The maximum absolute atomic E-state index is 11.5. The Morgan fingerprint density at radius 2 is 2.00 bits per heavy atom. The average molecular weight is 367 g/mol. The number of carbonyl (C=O) groups excluding carboxylic acids is 1. The third-order valence-corrected chi connectivity index (χ3v) is 3.94. The van der Waals surface area contributed by atoms with Crippen molar-refractivity contribution in [1.82, 2.24) is 19.7 Å². The Labute approximate surface area is 157 Å². The fourth-order valence-electron chi connectivity index (χ4n) is 2.40. The van der Waals surface area contributed by atoms with Crippen LogP contribution in [0.2, 0.25) is 0 Å². The van der Waals surface area contributed by atoms with Gasteiger partial charge in [0, 0.05) is 25.2 Å². The van der Waals surface area contributed by atoms with Crippen LogP contribution in [0.3, 0.4) is 0 Å². The maximum atomic E-state index is 11.5. The Hall–Kier alpha value is -3.42. The normalized spacial score (nSPS) is 10.5. The van der Waals surface area contributed by atoms with Crippen molar-refractivity contribution in [2.75, 3.05) is 12.4 Å². The number of benzene rings is 1. The van der Waals surface area contributed by atoms with E-state index in [-0.39, 0.29) is 5.97 Å². The number of aromatic nitrogens is 4. The molecule has 0 saturated carbocycles. The first-order valence-corrected chi connectivity index (χ1v) is 8.56. The van der Waals surface area contributed by atoms with Gasteiger partial charge in [-0.2, -0.15) is 10.1 Å². The molecule has 27 heavy (non-hydrogen) atoms. The molecular formula is C19H21N5O3. The second kappa shape index (κ2) is 8.31. The first kappa shape index (κ1) is 18.4. The van der Waals surface area contributed by atoms with Crippen molar-refractivity contribution in [3.63, 3.8) is 0 Å². The lowest BCUT2D eigenvalue weighted by atomic mass is 10.2. The number of esters is 1. The third-order valence-electron chi connectivity index (χ3n) is 3.94. The molecule has 8 heteroatoms. The number of hydrogen-bond acceptors (Lipinski definition) is 7. The molecule has 3 rings (SSSR count). The lowest BCUT2D eigenvalue weighted by molar-refractivity contribution is -0.134. The lowest BCUT2D eigenvalue weighted by Crippen LogP contribution is -2.09. The molecule has 2 aromatic heterocycles. The molecule has 2 heterocycles. The second-order valence-electron chi connectivity index (χ2n) is 5.77. The Morgan fingerprint density at radius 1 is 1.22 bits per heavy atom. The predicted octanol–water partition coefficient (Wildman–Crippen LogP) is 2.91. The molecule has 0 spiro atoms. The van der Waals surface area contributed by atoms with Gasteiger partial charge in [0.25, 0.3) is 0 Å². The van der Waals surface area contributed by atoms with Crippen molar-refractivity contribution >= 4 is 11.9 Å². The Morgan fingerprint density at radius 3 is 2.70 bits per heavy atom. The Bertz CT molecular complexity index is 921. The molecule has 3 aromatic rings. The van der Waals surface area contributed by atoms with Gasteiger partial charge >= 0.3 is 5.97 Å². The monoisotopic (exact) mass is 367 g/mol. The van der Waals surface area contributed by atoms with E-state index in [4.69, 9.17) is 9.47 Å². The van der Waals surface area contributed by atoms with E-state index < -0.39 is 0 Å². The fourth-order valence-corrected chi connectivity index (χ4v) is 2.40. The van der Waals surface area contributed by atoms with E-state index in [0.29, 0.717) is 36.2 Å². The van der Waals surface area contributed by atoms with Crippen molar-refractivity contribution in [3.8, 4) is 17.3 Å². The summed E-state index contributed by atoms with van der Waals surface area (Å²) in [5, 5.41) is 7.45. The van der Waals surface area contributed by atoms with Gasteiger partial charge in [-0.1, -0.05) is 19.1 Å². The van der Waals surface area contributed by atoms with Crippen LogP contribution >= 0.6 is 0 Å². The molecule has 1 N–H and O–H groups in total. The van der Waals surface area contributed by atoms with Gasteiger partial charge in [-0.15, -0.1) is 0 Å². The van der Waals surface area contributed by atoms with Gasteiger partial charge < -0.3 is 14.8 Å². The highest BCUT2D eigenvalue weighted by atomic mass is 16.5. The first-order chi connectivity index (χ1) is 13.1. The molecule has 0 bridgehead atoms. The van der Waals surface area contributed by atoms with Gasteiger partial charge in [-0.05, 0) is 24.6 Å². The molecule has 0 aliphatic heterocycles. The summed E-state index contributed by atoms with van der Waals surface area (Å²) in [5.74, 6) is 1.99. The number of ether oxygens (including phenoxy) is 2. The summed E-state index contributed by atoms with van der Waals surface area (Å²) in [6.07, 6.45) is 3.46. The van der Waals surface area contributed by atoms with E-state index in [9.17, 15) is 4.79 Å². The summed E-state index contributed by atoms with van der Waals surface area (Å²) in [6.45, 7) is 4.13. The van der Waals surface area contributed by atoms with Gasteiger partial charge in [0.15, 0.2) is 11.6 Å². The minimum Gasteiger partial charge on any atom is -0.497 e. The van der Waals surface area contributed by atoms with E-state index in [2.05, 4.69) is 20.4 Å². The van der Waals surface area contributed by atoms with Crippen molar-refractivity contribution < 1.29 is 14.3 Å². The molecule has 0 fully saturated rings. The van der Waals surface area contributed by atoms with Crippen LogP contribution in [0.5, 0.6) is 11.5 Å². The molecule has 8 nitrogen and oxygen atoms in total. The zero-order chi connectivity index (χ0) is 19.2. The third kappa shape index (κ3) is 4.41. The summed E-state index contributed by atoms with van der Waals surface area (Å²) < 4.78 is 12.0. The first-order valence-electron chi connectivity index (χ1n) is 8.56. The van der Waals surface area contributed by atoms with E-state index in [1.807, 2.05) is 31.2 Å². The number of anilines is 1. The number of hydrogen-bond donors (Lipinski definition) is 1. The van der Waals surface area contributed by atoms with Crippen molar-refractivity contribution in [2.24, 2.45) is 0 Å². The zero-order valence-corrected chi connectivity index (χ0v) is 15.5. The lowest BCUT2D eigenvalue weighted by Gasteiger charge is -2.08. The van der Waals surface area contributed by atoms with Crippen LogP contribution in [0.25, 0.3) is 5.82 Å². The maximum Gasteiger partial charge on any atom is 0.311 e. The van der Waals surface area contributed by atoms with Crippen LogP contribution in [0.1, 0.15) is 24.6 Å². The number of nitrogens with one attached hydrogen (secondary N) is 1. The SMILES string of the molecule is CCC(=O)Oc1cnn(-c2ccnc(NCc3ccc(OC)cc3)n2)c1C. The summed E-state index contributed by atoms with van der Waals surface area (Å²) in [4.78, 5) is 20.2. The van der Waals surface area contributed by atoms with Crippen molar-refractivity contribution in [3.05, 3.63) is 54.0 Å². The average Bonchev–Trinajstić information content (AvgIpc) is 3.07. The highest BCUT2D eigenvalue weighted by molar-refractivity contribution is 5.72. The molecule has 140 valence electrons. The summed E-state index contributed by atoms with van der Waals surface area (Å²) in [5.41, 5.74) is 1.77. The number of methoxy groups -OCH3 is 1. The quantitative estimate of drug-likeness (QED) is 0.642. The van der Waals surface area contributed by atoms with Crippen LogP contribution in [0.15, 0.2) is 42.7 Å². The molecule has 0 amide bonds. The van der Waals surface area contributed by atoms with Crippen LogP contribution in [0, 0.1) is 6.92 Å². The standard InChI is InChI=1S/C19H21N5O3/c1-4-18(25)27-16-12-22-24(13(16)2)17-9-10-20-19(23-17)21-11-14-5-7-15(26-3)8-6-14/h5-10,12H,4,11H2,1-3H3,(H,20,21,23). The van der Waals surface area contributed by atoms with Gasteiger partial charge in [-0.25, -0.2) is 9.67 Å². The molecule has 0 radical (unpaired) electrons. The minimum absolute atomic E-state index is 0.303. The minimum atomic E-state index is -0.304. The van der Waals surface area contributed by atoms with Gasteiger partial charge in [-0.3, -0.25) is 4.79 Å². The van der Waals surface area contributed by atoms with E-state index in [1.54, 1.807) is 31.0 Å². The summed E-state index contributed by atoms with van der Waals surface area (Å²) >= 11 is 0. The van der Waals surface area contributed by atoms with Crippen LogP contribution < -0.4 is 14.8 Å². The number of carbonyl (C=O) groups is 1. The second-order valence-corrected chi connectivity index (χ2v) is 5.77. The highest BCUT2D eigenvalue weighted by Gasteiger charge is 2.13. The van der Waals surface area contributed by atoms with Gasteiger partial charge in [0.1, 0.15) is 5.75 Å². The van der Waals surface area contributed by atoms with Crippen LogP contribution in [-0.4, -0.2) is 32.8 Å². The smallest absolute Gasteiger partial charge is 0.311 e. The molecule has 0 aliphatic carbocycles. The molecule has 0 atom stereocenters. The van der Waals surface area contributed by atoms with E-state index in [0.717, 1.165) is 11.3 Å². The number of rotatable bonds is 7. The summed E-state index contributed by atoms with van der Waals surface area (Å²) in [7, 11) is 1.64. The van der Waals surface area contributed by atoms with Crippen molar-refractivity contribution in [1.29, 1.82) is 0 Å². The predicted molar refractivity (Wildman–Crippen MR) is 100 cm³/mol. The largest absolute Gasteiger partial charge is 0.497 e. The Kier molecular flexibility index (Phi) is 5.65. The molecule has 0 unspecified atom stereocenters. The van der Waals surface area contributed by atoms with Gasteiger partial charge in [0.05, 0.1) is 19.0 Å². The fraction of sp³-hybridized carbons (Fsp3) is 0.263. The zero-order valence-electron chi connectivity index (χ0n) is 15.5. The highest BCUT2D eigenvalue weighted by Crippen LogP contribution is 2.20. The topological polar surface area (TPSA) is 91.2 Å². The molecule has 1 aromatic carbocycles. The van der Waals surface area contributed by atoms with E-state index in [1.165, 1.54) is 6.20 Å². The molecule has 0 aliphatic rings. The van der Waals surface area contributed by atoms with Crippen molar-refractivity contribution in [2.45, 2.75) is 26.8 Å². The van der Waals surface area contributed by atoms with Crippen LogP contribution in [0.4, 0.5) is 5.95 Å². The molecule has 0 saturated heterocycles.